The van der Waals surface area contributed by atoms with Gasteiger partial charge in [0.25, 0.3) is 0 Å². The third-order valence-corrected chi connectivity index (χ3v) is 6.68. The molecule has 182 valence electrons. The minimum absolute atomic E-state index is 0.0643. The fraction of sp³-hybridized carbons (Fsp3) is 0.462. The number of hydrogen-bond acceptors (Lipinski definition) is 5. The van der Waals surface area contributed by atoms with E-state index in [1.807, 2.05) is 31.2 Å². The number of benzene rings is 2. The molecule has 4 rings (SSSR count). The number of piperidine rings is 1. The van der Waals surface area contributed by atoms with E-state index < -0.39 is 0 Å². The van der Waals surface area contributed by atoms with Crippen molar-refractivity contribution in [3.8, 4) is 11.5 Å². The van der Waals surface area contributed by atoms with E-state index >= 15 is 0 Å². The molecule has 2 saturated heterocycles. The van der Waals surface area contributed by atoms with Crippen molar-refractivity contribution in [2.45, 2.75) is 38.8 Å². The van der Waals surface area contributed by atoms with E-state index in [4.69, 9.17) is 9.47 Å². The Morgan fingerprint density at radius 3 is 2.47 bits per heavy atom. The first-order chi connectivity index (χ1) is 16.4. The van der Waals surface area contributed by atoms with Crippen molar-refractivity contribution in [1.29, 1.82) is 0 Å². The summed E-state index contributed by atoms with van der Waals surface area (Å²) in [4.78, 5) is 29.5. The largest absolute Gasteiger partial charge is 0.495 e. The molecule has 7 nitrogen and oxygen atoms in total. The number of likely N-dealkylation sites (tertiary alicyclic amines) is 1. The third kappa shape index (κ3) is 5.33. The van der Waals surface area contributed by atoms with Gasteiger partial charge in [-0.3, -0.25) is 14.5 Å². The molecule has 8 heteroatoms. The molecule has 0 aliphatic carbocycles. The molecular formula is C26H32FN3O4. The number of hydrogen-bond donors (Lipinski definition) is 1. The summed E-state index contributed by atoms with van der Waals surface area (Å²) in [6, 6.07) is 10.8. The fourth-order valence-electron chi connectivity index (χ4n) is 4.75. The Balaban J connectivity index is 1.28. The number of nitrogens with one attached hydrogen (secondary N) is 1. The maximum atomic E-state index is 14.0. The Morgan fingerprint density at radius 1 is 1.09 bits per heavy atom. The Kier molecular flexibility index (Phi) is 7.36. The van der Waals surface area contributed by atoms with Gasteiger partial charge in [0.1, 0.15) is 5.75 Å². The van der Waals surface area contributed by atoms with Gasteiger partial charge in [0.2, 0.25) is 11.8 Å². The number of halogens is 1. The van der Waals surface area contributed by atoms with E-state index in [1.54, 1.807) is 18.1 Å². The highest BCUT2D eigenvalue weighted by Crippen LogP contribution is 2.34. The molecule has 0 bridgehead atoms. The highest BCUT2D eigenvalue weighted by molar-refractivity contribution is 6.01. The van der Waals surface area contributed by atoms with Gasteiger partial charge in [-0.1, -0.05) is 12.1 Å². The monoisotopic (exact) mass is 469 g/mol. The molecule has 2 aromatic carbocycles. The van der Waals surface area contributed by atoms with E-state index in [-0.39, 0.29) is 41.8 Å². The zero-order valence-corrected chi connectivity index (χ0v) is 20.0. The minimum Gasteiger partial charge on any atom is -0.495 e. The van der Waals surface area contributed by atoms with Gasteiger partial charge < -0.3 is 19.7 Å². The molecule has 34 heavy (non-hydrogen) atoms. The Hall–Kier alpha value is -3.13. The summed E-state index contributed by atoms with van der Waals surface area (Å²) >= 11 is 0. The number of aryl methyl sites for hydroxylation is 1. The zero-order valence-electron chi connectivity index (χ0n) is 20.0. The van der Waals surface area contributed by atoms with Gasteiger partial charge in [0.15, 0.2) is 11.6 Å². The van der Waals surface area contributed by atoms with Gasteiger partial charge in [-0.15, -0.1) is 0 Å². The zero-order chi connectivity index (χ0) is 24.2. The molecule has 0 spiro atoms. The summed E-state index contributed by atoms with van der Waals surface area (Å²) in [7, 11) is 3.03. The molecule has 2 aromatic rings. The second kappa shape index (κ2) is 10.4. The van der Waals surface area contributed by atoms with Crippen LogP contribution in [0.2, 0.25) is 0 Å². The van der Waals surface area contributed by atoms with Crippen LogP contribution in [0.15, 0.2) is 36.4 Å². The fourth-order valence-corrected chi connectivity index (χ4v) is 4.75. The number of methoxy groups -OCH3 is 2. The third-order valence-electron chi connectivity index (χ3n) is 6.68. The Labute approximate surface area is 199 Å². The van der Waals surface area contributed by atoms with Crippen molar-refractivity contribution in [1.82, 2.24) is 10.2 Å². The lowest BCUT2D eigenvalue weighted by Crippen LogP contribution is -2.46. The lowest BCUT2D eigenvalue weighted by molar-refractivity contribution is -0.127. The molecular weight excluding hydrogens is 437 g/mol. The predicted molar refractivity (Wildman–Crippen MR) is 128 cm³/mol. The summed E-state index contributed by atoms with van der Waals surface area (Å²) in [5.41, 5.74) is 2.64. The minimum atomic E-state index is -0.377. The molecule has 0 radical (unpaired) electrons. The van der Waals surface area contributed by atoms with Crippen molar-refractivity contribution in [3.05, 3.63) is 53.3 Å². The normalized spacial score (nSPS) is 19.4. The predicted octanol–water partition coefficient (Wildman–Crippen LogP) is 3.29. The van der Waals surface area contributed by atoms with Crippen molar-refractivity contribution >= 4 is 17.5 Å². The van der Waals surface area contributed by atoms with Crippen LogP contribution in [0.25, 0.3) is 0 Å². The topological polar surface area (TPSA) is 71.1 Å². The number of carbonyl (C=O) groups excluding carboxylic acids is 2. The quantitative estimate of drug-likeness (QED) is 0.674. The summed E-state index contributed by atoms with van der Waals surface area (Å²) < 4.78 is 24.4. The van der Waals surface area contributed by atoms with Crippen molar-refractivity contribution in [2.24, 2.45) is 5.92 Å². The summed E-state index contributed by atoms with van der Waals surface area (Å²) in [5, 5.41) is 3.15. The molecule has 0 aromatic heterocycles. The molecule has 2 fully saturated rings. The van der Waals surface area contributed by atoms with Gasteiger partial charge in [-0.25, -0.2) is 4.39 Å². The summed E-state index contributed by atoms with van der Waals surface area (Å²) in [6.45, 7) is 4.60. The van der Waals surface area contributed by atoms with Crippen LogP contribution in [0.4, 0.5) is 10.1 Å². The molecule has 0 saturated carbocycles. The first kappa shape index (κ1) is 24.0. The second-order valence-electron chi connectivity index (χ2n) is 9.11. The smallest absolute Gasteiger partial charge is 0.227 e. The van der Waals surface area contributed by atoms with Gasteiger partial charge in [0, 0.05) is 38.6 Å². The van der Waals surface area contributed by atoms with Gasteiger partial charge in [0.05, 0.1) is 25.8 Å². The standard InChI is InChI=1S/C26H32FN3O4/c1-17-4-6-24(34-3)22(12-17)30-16-19(14-25(30)31)26(32)28-20-8-10-29(11-9-20)15-18-5-7-23(33-2)21(27)13-18/h4-7,12-13,19-20H,8-11,14-16H2,1-3H3,(H,28,32). The average molecular weight is 470 g/mol. The number of carbonyl (C=O) groups is 2. The second-order valence-corrected chi connectivity index (χ2v) is 9.11. The first-order valence-electron chi connectivity index (χ1n) is 11.7. The highest BCUT2D eigenvalue weighted by Gasteiger charge is 2.37. The van der Waals surface area contributed by atoms with Crippen molar-refractivity contribution in [3.63, 3.8) is 0 Å². The van der Waals surface area contributed by atoms with Crippen molar-refractivity contribution in [2.75, 3.05) is 38.8 Å². The van der Waals surface area contributed by atoms with Crippen LogP contribution in [-0.4, -0.2) is 56.6 Å². The van der Waals surface area contributed by atoms with Gasteiger partial charge in [-0.05, 0) is 55.2 Å². The number of amides is 2. The molecule has 1 N–H and O–H groups in total. The van der Waals surface area contributed by atoms with E-state index in [2.05, 4.69) is 10.2 Å². The molecule has 1 atom stereocenters. The average Bonchev–Trinajstić information content (AvgIpc) is 3.22. The maximum Gasteiger partial charge on any atom is 0.227 e. The molecule has 2 amide bonds. The van der Waals surface area contributed by atoms with Crippen LogP contribution in [0.1, 0.15) is 30.4 Å². The van der Waals surface area contributed by atoms with Crippen LogP contribution < -0.4 is 19.7 Å². The molecule has 2 heterocycles. The lowest BCUT2D eigenvalue weighted by Gasteiger charge is -2.33. The van der Waals surface area contributed by atoms with Crippen LogP contribution in [0.3, 0.4) is 0 Å². The highest BCUT2D eigenvalue weighted by atomic mass is 19.1. The Morgan fingerprint density at radius 2 is 1.79 bits per heavy atom. The first-order valence-corrected chi connectivity index (χ1v) is 11.7. The van der Waals surface area contributed by atoms with Gasteiger partial charge >= 0.3 is 0 Å². The SMILES string of the molecule is COc1ccc(CN2CCC(NC(=O)C3CC(=O)N(c4cc(C)ccc4OC)C3)CC2)cc1F. The van der Waals surface area contributed by atoms with E-state index in [0.29, 0.717) is 24.5 Å². The van der Waals surface area contributed by atoms with Crippen LogP contribution in [0, 0.1) is 18.7 Å². The van der Waals surface area contributed by atoms with Crippen LogP contribution in [0.5, 0.6) is 11.5 Å². The van der Waals surface area contributed by atoms with E-state index in [0.717, 1.165) is 37.1 Å². The van der Waals surface area contributed by atoms with Crippen LogP contribution >= 0.6 is 0 Å². The maximum absolute atomic E-state index is 14.0. The molecule has 1 unspecified atom stereocenters. The molecule has 2 aliphatic heterocycles. The number of nitrogens with zero attached hydrogens (tertiary/aromatic N) is 2. The summed E-state index contributed by atoms with van der Waals surface area (Å²) in [5.74, 6) is 0.00597. The lowest BCUT2D eigenvalue weighted by atomic mass is 10.0. The van der Waals surface area contributed by atoms with E-state index in [9.17, 15) is 14.0 Å². The molecule has 2 aliphatic rings. The van der Waals surface area contributed by atoms with Crippen molar-refractivity contribution < 1.29 is 23.5 Å². The van der Waals surface area contributed by atoms with Gasteiger partial charge in [-0.2, -0.15) is 0 Å². The number of ether oxygens (including phenoxy) is 2. The van der Waals surface area contributed by atoms with E-state index in [1.165, 1.54) is 13.2 Å². The summed E-state index contributed by atoms with van der Waals surface area (Å²) in [6.07, 6.45) is 1.84. The Bertz CT molecular complexity index is 1050. The number of anilines is 1. The number of rotatable bonds is 7. The van der Waals surface area contributed by atoms with Crippen LogP contribution in [-0.2, 0) is 16.1 Å².